The summed E-state index contributed by atoms with van der Waals surface area (Å²) in [5.74, 6) is 11.8. The van der Waals surface area contributed by atoms with Crippen molar-refractivity contribution in [3.63, 3.8) is 0 Å². The van der Waals surface area contributed by atoms with Gasteiger partial charge in [0.05, 0.1) is 11.4 Å². The van der Waals surface area contributed by atoms with Gasteiger partial charge in [-0.05, 0) is 60.2 Å². The minimum Gasteiger partial charge on any atom is -0.369 e. The topological polar surface area (TPSA) is 121 Å². The van der Waals surface area contributed by atoms with E-state index in [1.165, 1.54) is 12.1 Å². The van der Waals surface area contributed by atoms with Gasteiger partial charge >= 0.3 is 6.03 Å². The van der Waals surface area contributed by atoms with Gasteiger partial charge in [-0.3, -0.25) is 0 Å². The van der Waals surface area contributed by atoms with E-state index in [2.05, 4.69) is 53.8 Å². The van der Waals surface area contributed by atoms with E-state index >= 15 is 0 Å². The molecule has 2 aromatic rings. The first-order valence-electron chi connectivity index (χ1n) is 11.5. The number of hydrogen-bond donors (Lipinski definition) is 5. The van der Waals surface area contributed by atoms with Crippen LogP contribution in [0.4, 0.5) is 26.2 Å². The molecule has 34 heavy (non-hydrogen) atoms. The second-order valence-corrected chi connectivity index (χ2v) is 9.39. The molecule has 0 radical (unpaired) electrons. The fourth-order valence-electron chi connectivity index (χ4n) is 3.83. The predicted octanol–water partition coefficient (Wildman–Crippen LogP) is 4.74. The zero-order valence-corrected chi connectivity index (χ0v) is 20.9. The van der Waals surface area contributed by atoms with Crippen LogP contribution in [0.25, 0.3) is 0 Å². The summed E-state index contributed by atoms with van der Waals surface area (Å²) in [6.45, 7) is 14.0. The van der Waals surface area contributed by atoms with Gasteiger partial charge in [0.1, 0.15) is 11.7 Å². The number of amides is 2. The van der Waals surface area contributed by atoms with Crippen LogP contribution in [0.5, 0.6) is 0 Å². The summed E-state index contributed by atoms with van der Waals surface area (Å²) in [5, 5.41) is 9.53. The molecule has 0 aliphatic rings. The molecule has 2 aromatic carbocycles. The number of rotatable bonds is 9. The highest BCUT2D eigenvalue weighted by Crippen LogP contribution is 2.32. The number of aryl methyl sites for hydroxylation is 1. The second kappa shape index (κ2) is 12.2. The van der Waals surface area contributed by atoms with E-state index < -0.39 is 6.03 Å². The molecule has 0 heterocycles. The zero-order chi connectivity index (χ0) is 25.4. The van der Waals surface area contributed by atoms with Crippen molar-refractivity contribution in [1.29, 1.82) is 0 Å². The fraction of sp³-hybridized carbons (Fsp3) is 0.440. The van der Waals surface area contributed by atoms with Crippen molar-refractivity contribution in [3.05, 3.63) is 53.3 Å². The van der Waals surface area contributed by atoms with Crippen LogP contribution in [0.15, 0.2) is 41.5 Å². The van der Waals surface area contributed by atoms with Crippen molar-refractivity contribution in [1.82, 2.24) is 5.43 Å². The molecule has 0 aliphatic carbocycles. The molecule has 1 unspecified atom stereocenters. The maximum atomic E-state index is 13.5. The first-order chi connectivity index (χ1) is 16.0. The van der Waals surface area contributed by atoms with Gasteiger partial charge in [0.25, 0.3) is 0 Å². The Balaban J connectivity index is 2.45. The van der Waals surface area contributed by atoms with Crippen molar-refractivity contribution in [2.24, 2.45) is 28.6 Å². The number of nitrogens with one attached hydrogen (secondary N) is 3. The molecule has 2 rings (SSSR count). The average molecular weight is 472 g/mol. The molecule has 9 heteroatoms. The smallest absolute Gasteiger partial charge is 0.323 e. The standard InChI is InChI=1S/C25H38FN7O/c1-15(2)13-33(14-16(3)4)23-10-7-19(18(6)24(31-27)32-28)12-22(23)30-25(34)29-21-9-8-20(26)11-17(21)5/h7-12,15-16,18H,13-14,27-28H2,1-6H3,(H,31,32)(H2,29,30,34). The Bertz CT molecular complexity index is 997. The van der Waals surface area contributed by atoms with Gasteiger partial charge in [0.2, 0.25) is 0 Å². The van der Waals surface area contributed by atoms with Gasteiger partial charge in [0.15, 0.2) is 0 Å². The summed E-state index contributed by atoms with van der Waals surface area (Å²) in [5.41, 5.74) is 6.15. The molecule has 1 atom stereocenters. The van der Waals surface area contributed by atoms with E-state index in [0.29, 0.717) is 34.6 Å². The molecular formula is C25H38FN7O. The maximum Gasteiger partial charge on any atom is 0.323 e. The van der Waals surface area contributed by atoms with Gasteiger partial charge in [-0.1, -0.05) is 40.7 Å². The normalized spacial score (nSPS) is 12.6. The highest BCUT2D eigenvalue weighted by molar-refractivity contribution is 6.02. The third-order valence-corrected chi connectivity index (χ3v) is 5.41. The molecule has 2 amide bonds. The average Bonchev–Trinajstić information content (AvgIpc) is 2.75. The van der Waals surface area contributed by atoms with Gasteiger partial charge in [-0.2, -0.15) is 5.10 Å². The van der Waals surface area contributed by atoms with E-state index in [0.717, 1.165) is 24.3 Å². The molecule has 0 saturated heterocycles. The zero-order valence-electron chi connectivity index (χ0n) is 20.9. The Morgan fingerprint density at radius 1 is 1.00 bits per heavy atom. The molecule has 0 aliphatic heterocycles. The van der Waals surface area contributed by atoms with Crippen LogP contribution in [0.2, 0.25) is 0 Å². The number of carbonyl (C=O) groups excluding carboxylic acids is 1. The van der Waals surface area contributed by atoms with E-state index in [9.17, 15) is 9.18 Å². The largest absolute Gasteiger partial charge is 0.369 e. The monoisotopic (exact) mass is 471 g/mol. The first kappa shape index (κ1) is 26.9. The number of anilines is 3. The third-order valence-electron chi connectivity index (χ3n) is 5.41. The van der Waals surface area contributed by atoms with Crippen molar-refractivity contribution in [2.75, 3.05) is 28.6 Å². The van der Waals surface area contributed by atoms with Gasteiger partial charge in [-0.25, -0.2) is 15.0 Å². The lowest BCUT2D eigenvalue weighted by Gasteiger charge is -2.31. The lowest BCUT2D eigenvalue weighted by Crippen LogP contribution is -2.35. The van der Waals surface area contributed by atoms with E-state index in [-0.39, 0.29) is 11.7 Å². The predicted molar refractivity (Wildman–Crippen MR) is 139 cm³/mol. The quantitative estimate of drug-likeness (QED) is 0.157. The molecule has 7 N–H and O–H groups in total. The van der Waals surface area contributed by atoms with Crippen LogP contribution in [0, 0.1) is 24.6 Å². The number of halogens is 1. The summed E-state index contributed by atoms with van der Waals surface area (Å²) in [6.07, 6.45) is 0. The molecule has 0 bridgehead atoms. The van der Waals surface area contributed by atoms with Crippen LogP contribution in [0.1, 0.15) is 51.7 Å². The number of hydrazine groups is 1. The first-order valence-corrected chi connectivity index (χ1v) is 11.5. The third kappa shape index (κ3) is 7.34. The van der Waals surface area contributed by atoms with Crippen LogP contribution in [0.3, 0.4) is 0 Å². The van der Waals surface area contributed by atoms with Crippen LogP contribution in [-0.4, -0.2) is 25.0 Å². The fourth-order valence-corrected chi connectivity index (χ4v) is 3.83. The molecule has 8 nitrogen and oxygen atoms in total. The molecule has 0 saturated carbocycles. The second-order valence-electron chi connectivity index (χ2n) is 9.39. The number of urea groups is 1. The van der Waals surface area contributed by atoms with Crippen LogP contribution >= 0.6 is 0 Å². The maximum absolute atomic E-state index is 13.5. The summed E-state index contributed by atoms with van der Waals surface area (Å²) in [4.78, 5) is 15.2. The van der Waals surface area contributed by atoms with Gasteiger partial charge < -0.3 is 26.8 Å². The molecule has 0 spiro atoms. The SMILES string of the molecule is Cc1cc(F)ccc1NC(=O)Nc1cc(C(C)/C(=N/N)NN)ccc1N(CC(C)C)CC(C)C. The Morgan fingerprint density at radius 2 is 1.62 bits per heavy atom. The minimum atomic E-state index is -0.417. The molecular weight excluding hydrogens is 433 g/mol. The summed E-state index contributed by atoms with van der Waals surface area (Å²) in [7, 11) is 0. The van der Waals surface area contributed by atoms with Crippen molar-refractivity contribution < 1.29 is 9.18 Å². The number of nitrogens with two attached hydrogens (primary N) is 2. The Hall–Kier alpha value is -3.33. The Labute approximate surface area is 201 Å². The Kier molecular flexibility index (Phi) is 9.68. The number of benzene rings is 2. The number of amidine groups is 1. The summed E-state index contributed by atoms with van der Waals surface area (Å²) in [6, 6.07) is 9.72. The number of hydrogen-bond acceptors (Lipinski definition) is 5. The highest BCUT2D eigenvalue weighted by Gasteiger charge is 2.20. The summed E-state index contributed by atoms with van der Waals surface area (Å²) < 4.78 is 13.5. The number of carbonyl (C=O) groups is 1. The summed E-state index contributed by atoms with van der Waals surface area (Å²) >= 11 is 0. The lowest BCUT2D eigenvalue weighted by atomic mass is 9.98. The van der Waals surface area contributed by atoms with Crippen LogP contribution < -0.4 is 32.6 Å². The molecule has 0 fully saturated rings. The van der Waals surface area contributed by atoms with E-state index in [1.807, 2.05) is 25.1 Å². The Morgan fingerprint density at radius 3 is 2.15 bits per heavy atom. The van der Waals surface area contributed by atoms with Crippen molar-refractivity contribution >= 4 is 28.9 Å². The lowest BCUT2D eigenvalue weighted by molar-refractivity contribution is 0.262. The number of nitrogens with zero attached hydrogens (tertiary/aromatic N) is 2. The van der Waals surface area contributed by atoms with E-state index in [4.69, 9.17) is 11.7 Å². The highest BCUT2D eigenvalue weighted by atomic mass is 19.1. The van der Waals surface area contributed by atoms with Crippen molar-refractivity contribution in [2.45, 2.75) is 47.5 Å². The van der Waals surface area contributed by atoms with Gasteiger partial charge in [-0.15, -0.1) is 0 Å². The van der Waals surface area contributed by atoms with Crippen LogP contribution in [-0.2, 0) is 0 Å². The minimum absolute atomic E-state index is 0.212. The van der Waals surface area contributed by atoms with Crippen molar-refractivity contribution in [3.8, 4) is 0 Å². The number of hydrazone groups is 1. The van der Waals surface area contributed by atoms with Gasteiger partial charge in [0, 0.05) is 24.7 Å². The molecule has 0 aromatic heterocycles. The van der Waals surface area contributed by atoms with E-state index in [1.54, 1.807) is 13.0 Å². The molecule has 186 valence electrons.